The molecule has 0 heterocycles. The van der Waals surface area contributed by atoms with Gasteiger partial charge in [0.05, 0.1) is 0 Å². The summed E-state index contributed by atoms with van der Waals surface area (Å²) in [6, 6.07) is 0. The smallest absolute Gasteiger partial charge is 0.306 e. The highest BCUT2D eigenvalue weighted by Crippen LogP contribution is 2.19. The average Bonchev–Trinajstić information content (AvgIpc) is 3.29. The van der Waals surface area contributed by atoms with Gasteiger partial charge in [0.15, 0.2) is 6.10 Å². The number of carbonyl (C=O) groups excluding carboxylic acids is 3. The number of rotatable bonds is 53. The van der Waals surface area contributed by atoms with Crippen LogP contribution >= 0.6 is 0 Å². The third kappa shape index (κ3) is 51.6. The van der Waals surface area contributed by atoms with Crippen LogP contribution in [0.2, 0.25) is 0 Å². The lowest BCUT2D eigenvalue weighted by Crippen LogP contribution is -2.30. The van der Waals surface area contributed by atoms with Crippen LogP contribution in [0.4, 0.5) is 0 Å². The molecule has 0 rings (SSSR count). The molecule has 0 saturated carbocycles. The molecule has 6 heteroatoms. The van der Waals surface area contributed by atoms with E-state index in [4.69, 9.17) is 14.2 Å². The number of ether oxygens (including phenoxy) is 3. The monoisotopic (exact) mass is 919 g/mol. The predicted molar refractivity (Wildman–Crippen MR) is 280 cm³/mol. The van der Waals surface area contributed by atoms with Gasteiger partial charge in [-0.05, 0) is 31.1 Å². The van der Waals surface area contributed by atoms with E-state index in [1.54, 1.807) is 0 Å². The fraction of sp³-hybridized carbons (Fsp3) is 0.949. The van der Waals surface area contributed by atoms with Crippen LogP contribution in [0.25, 0.3) is 0 Å². The second kappa shape index (κ2) is 51.8. The van der Waals surface area contributed by atoms with Crippen LogP contribution in [0.15, 0.2) is 0 Å². The van der Waals surface area contributed by atoms with Crippen LogP contribution < -0.4 is 0 Å². The molecule has 0 aliphatic rings. The van der Waals surface area contributed by atoms with Crippen molar-refractivity contribution >= 4 is 17.9 Å². The summed E-state index contributed by atoms with van der Waals surface area (Å²) in [4.78, 5) is 38.1. The first-order chi connectivity index (χ1) is 31.8. The van der Waals surface area contributed by atoms with Crippen molar-refractivity contribution in [2.45, 2.75) is 336 Å². The molecule has 0 aromatic carbocycles. The summed E-state index contributed by atoms with van der Waals surface area (Å²) >= 11 is 0. The molecule has 2 atom stereocenters. The molecule has 1 unspecified atom stereocenters. The van der Waals surface area contributed by atoms with Gasteiger partial charge in [0.25, 0.3) is 0 Å². The van der Waals surface area contributed by atoms with Crippen LogP contribution in [0.5, 0.6) is 0 Å². The Bertz CT molecular complexity index is 995. The molecule has 0 aliphatic heterocycles. The molecule has 0 aliphatic carbocycles. The van der Waals surface area contributed by atoms with Crippen LogP contribution in [-0.4, -0.2) is 37.2 Å². The average molecular weight is 920 g/mol. The van der Waals surface area contributed by atoms with Crippen LogP contribution in [0.1, 0.15) is 330 Å². The molecular formula is C59H114O6. The van der Waals surface area contributed by atoms with E-state index >= 15 is 0 Å². The standard InChI is InChI=1S/C59H114O6/c1-6-8-9-10-11-12-13-14-15-16-20-23-29-34-39-44-49-57(60)63-52-56(65-59(62)51-46-41-36-31-26-25-27-32-37-42-47-54(3)4)53-64-58(61)50-45-40-35-30-24-21-18-17-19-22-28-33-38-43-48-55(5)7-2/h54-56H,6-53H2,1-5H3/t55?,56-/m0/s1. The summed E-state index contributed by atoms with van der Waals surface area (Å²) in [5, 5.41) is 0. The number of hydrogen-bond acceptors (Lipinski definition) is 6. The third-order valence-corrected chi connectivity index (χ3v) is 13.8. The molecule has 0 bridgehead atoms. The Morgan fingerprint density at radius 1 is 0.323 bits per heavy atom. The molecule has 0 radical (unpaired) electrons. The van der Waals surface area contributed by atoms with Crippen molar-refractivity contribution in [3.8, 4) is 0 Å². The van der Waals surface area contributed by atoms with Crippen molar-refractivity contribution in [3.05, 3.63) is 0 Å². The van der Waals surface area contributed by atoms with Crippen molar-refractivity contribution in [3.63, 3.8) is 0 Å². The Labute approximate surface area is 406 Å². The molecule has 65 heavy (non-hydrogen) atoms. The molecule has 0 aromatic rings. The molecule has 0 aromatic heterocycles. The van der Waals surface area contributed by atoms with Crippen LogP contribution in [0, 0.1) is 11.8 Å². The zero-order chi connectivity index (χ0) is 47.5. The third-order valence-electron chi connectivity index (χ3n) is 13.8. The lowest BCUT2D eigenvalue weighted by atomic mass is 9.99. The van der Waals surface area contributed by atoms with Crippen LogP contribution in [0.3, 0.4) is 0 Å². The van der Waals surface area contributed by atoms with Crippen molar-refractivity contribution in [1.82, 2.24) is 0 Å². The largest absolute Gasteiger partial charge is 0.462 e. The van der Waals surface area contributed by atoms with Crippen molar-refractivity contribution in [2.24, 2.45) is 11.8 Å². The van der Waals surface area contributed by atoms with E-state index in [2.05, 4.69) is 34.6 Å². The maximum Gasteiger partial charge on any atom is 0.306 e. The number of unbranched alkanes of at least 4 members (excludes halogenated alkanes) is 37. The van der Waals surface area contributed by atoms with Gasteiger partial charge in [0, 0.05) is 19.3 Å². The van der Waals surface area contributed by atoms with E-state index in [9.17, 15) is 14.4 Å². The first-order valence-corrected chi connectivity index (χ1v) is 29.3. The number of hydrogen-bond donors (Lipinski definition) is 0. The maximum atomic E-state index is 12.8. The molecule has 6 nitrogen and oxygen atoms in total. The fourth-order valence-electron chi connectivity index (χ4n) is 9.02. The van der Waals surface area contributed by atoms with E-state index in [1.807, 2.05) is 0 Å². The van der Waals surface area contributed by atoms with Gasteiger partial charge in [-0.3, -0.25) is 14.4 Å². The van der Waals surface area contributed by atoms with E-state index in [0.717, 1.165) is 69.6 Å². The van der Waals surface area contributed by atoms with Crippen molar-refractivity contribution in [1.29, 1.82) is 0 Å². The summed E-state index contributed by atoms with van der Waals surface area (Å²) < 4.78 is 16.9. The van der Waals surface area contributed by atoms with Crippen LogP contribution in [-0.2, 0) is 28.6 Å². The predicted octanol–water partition coefficient (Wildman–Crippen LogP) is 19.3. The first-order valence-electron chi connectivity index (χ1n) is 29.3. The van der Waals surface area contributed by atoms with Gasteiger partial charge in [-0.15, -0.1) is 0 Å². The molecule has 0 fully saturated rings. The van der Waals surface area contributed by atoms with E-state index in [-0.39, 0.29) is 31.1 Å². The van der Waals surface area contributed by atoms with Gasteiger partial charge < -0.3 is 14.2 Å². The number of esters is 3. The summed E-state index contributed by atoms with van der Waals surface area (Å²) in [5.74, 6) is 0.873. The van der Waals surface area contributed by atoms with E-state index < -0.39 is 6.10 Å². The lowest BCUT2D eigenvalue weighted by molar-refractivity contribution is -0.167. The second-order valence-corrected chi connectivity index (χ2v) is 21.0. The fourth-order valence-corrected chi connectivity index (χ4v) is 9.02. The number of carbonyl (C=O) groups is 3. The first kappa shape index (κ1) is 63.4. The molecule has 386 valence electrons. The second-order valence-electron chi connectivity index (χ2n) is 21.0. The minimum atomic E-state index is -0.763. The molecular weight excluding hydrogens is 805 g/mol. The summed E-state index contributed by atoms with van der Waals surface area (Å²) in [7, 11) is 0. The normalized spacial score (nSPS) is 12.5. The van der Waals surface area contributed by atoms with E-state index in [0.29, 0.717) is 19.3 Å². The Kier molecular flexibility index (Phi) is 50.5. The molecule has 0 N–H and O–H groups in total. The van der Waals surface area contributed by atoms with Gasteiger partial charge in [0.2, 0.25) is 0 Å². The van der Waals surface area contributed by atoms with Gasteiger partial charge in [-0.25, -0.2) is 0 Å². The van der Waals surface area contributed by atoms with Crippen molar-refractivity contribution in [2.75, 3.05) is 13.2 Å². The zero-order valence-electron chi connectivity index (χ0n) is 44.6. The van der Waals surface area contributed by atoms with Crippen molar-refractivity contribution < 1.29 is 28.6 Å². The quantitative estimate of drug-likeness (QED) is 0.0344. The van der Waals surface area contributed by atoms with Gasteiger partial charge >= 0.3 is 17.9 Å². The van der Waals surface area contributed by atoms with E-state index in [1.165, 1.54) is 218 Å². The lowest BCUT2D eigenvalue weighted by Gasteiger charge is -2.18. The highest BCUT2D eigenvalue weighted by atomic mass is 16.6. The molecule has 0 amide bonds. The minimum absolute atomic E-state index is 0.0628. The summed E-state index contributed by atoms with van der Waals surface area (Å²) in [5.41, 5.74) is 0. The Morgan fingerprint density at radius 2 is 0.585 bits per heavy atom. The highest BCUT2D eigenvalue weighted by molar-refractivity contribution is 5.71. The maximum absolute atomic E-state index is 12.8. The Hall–Kier alpha value is -1.59. The Balaban J connectivity index is 4.28. The van der Waals surface area contributed by atoms with Gasteiger partial charge in [0.1, 0.15) is 13.2 Å². The van der Waals surface area contributed by atoms with Gasteiger partial charge in [-0.2, -0.15) is 0 Å². The highest BCUT2D eigenvalue weighted by Gasteiger charge is 2.19. The summed E-state index contributed by atoms with van der Waals surface area (Å²) in [6.45, 7) is 11.4. The zero-order valence-corrected chi connectivity index (χ0v) is 44.6. The SMILES string of the molecule is CCCCCCCCCCCCCCCCCCC(=O)OC[C@@H](COC(=O)CCCCCCCCCCCCCCCCC(C)CC)OC(=O)CCCCCCCCCCCCC(C)C. The Morgan fingerprint density at radius 3 is 0.877 bits per heavy atom. The minimum Gasteiger partial charge on any atom is -0.462 e. The molecule has 0 saturated heterocycles. The summed E-state index contributed by atoms with van der Waals surface area (Å²) in [6.07, 6.45) is 55.1. The van der Waals surface area contributed by atoms with Gasteiger partial charge in [-0.1, -0.05) is 291 Å². The topological polar surface area (TPSA) is 78.9 Å². The molecule has 0 spiro atoms.